The maximum absolute atomic E-state index is 13.5. The van der Waals surface area contributed by atoms with Crippen molar-refractivity contribution in [3.63, 3.8) is 0 Å². The predicted molar refractivity (Wildman–Crippen MR) is 125 cm³/mol. The Kier molecular flexibility index (Phi) is 5.23. The zero-order chi connectivity index (χ0) is 22.1. The highest BCUT2D eigenvalue weighted by Crippen LogP contribution is 2.44. The third-order valence-corrected chi connectivity index (χ3v) is 6.25. The van der Waals surface area contributed by atoms with Crippen molar-refractivity contribution in [2.75, 3.05) is 17.7 Å². The van der Waals surface area contributed by atoms with Crippen molar-refractivity contribution in [1.29, 1.82) is 0 Å². The number of esters is 1. The van der Waals surface area contributed by atoms with E-state index in [0.717, 1.165) is 34.6 Å². The molecule has 2 N–H and O–H groups in total. The SMILES string of the molecule is COC(=O)c1ccc([C@H]2Nc3ccccc3NC3=C2C(=O)C[C@@H](c2ccccc2)C3)cc1. The first-order valence-corrected chi connectivity index (χ1v) is 10.8. The van der Waals surface area contributed by atoms with E-state index in [1.54, 1.807) is 12.1 Å². The van der Waals surface area contributed by atoms with Gasteiger partial charge in [0.05, 0.1) is 30.1 Å². The van der Waals surface area contributed by atoms with E-state index >= 15 is 0 Å². The van der Waals surface area contributed by atoms with E-state index in [1.807, 2.05) is 54.6 Å². The minimum absolute atomic E-state index is 0.134. The number of ether oxygens (including phenoxy) is 1. The van der Waals surface area contributed by atoms with Crippen LogP contribution in [0.3, 0.4) is 0 Å². The molecule has 1 aliphatic heterocycles. The lowest BCUT2D eigenvalue weighted by molar-refractivity contribution is -0.116. The molecule has 0 unspecified atom stereocenters. The number of Topliss-reactive ketones (excluding diaryl/α,β-unsaturated/α-hetero) is 1. The summed E-state index contributed by atoms with van der Waals surface area (Å²) in [4.78, 5) is 25.4. The van der Waals surface area contributed by atoms with Crippen molar-refractivity contribution in [2.24, 2.45) is 0 Å². The van der Waals surface area contributed by atoms with Crippen LogP contribution in [-0.4, -0.2) is 18.9 Å². The van der Waals surface area contributed by atoms with Crippen LogP contribution in [0.25, 0.3) is 0 Å². The van der Waals surface area contributed by atoms with E-state index in [1.165, 1.54) is 12.7 Å². The smallest absolute Gasteiger partial charge is 0.337 e. The molecule has 0 bridgehead atoms. The Balaban J connectivity index is 1.58. The number of allylic oxidation sites excluding steroid dienone is 1. The largest absolute Gasteiger partial charge is 0.465 e. The predicted octanol–water partition coefficient (Wildman–Crippen LogP) is 5.45. The van der Waals surface area contributed by atoms with Crippen LogP contribution in [0, 0.1) is 0 Å². The molecule has 2 atom stereocenters. The lowest BCUT2D eigenvalue weighted by Gasteiger charge is -2.30. The Labute approximate surface area is 187 Å². The fraction of sp³-hybridized carbons (Fsp3) is 0.185. The molecular formula is C27H24N2O3. The van der Waals surface area contributed by atoms with Crippen molar-refractivity contribution in [1.82, 2.24) is 0 Å². The number of rotatable bonds is 3. The molecule has 0 radical (unpaired) electrons. The second-order valence-electron chi connectivity index (χ2n) is 8.19. The van der Waals surface area contributed by atoms with Crippen molar-refractivity contribution < 1.29 is 14.3 Å². The Hall–Kier alpha value is -3.86. The Morgan fingerprint density at radius 3 is 2.25 bits per heavy atom. The summed E-state index contributed by atoms with van der Waals surface area (Å²) in [6.07, 6.45) is 1.23. The molecule has 1 heterocycles. The van der Waals surface area contributed by atoms with Gasteiger partial charge in [0.1, 0.15) is 0 Å². The average molecular weight is 425 g/mol. The molecule has 160 valence electrons. The van der Waals surface area contributed by atoms with Crippen LogP contribution in [0.1, 0.15) is 46.3 Å². The van der Waals surface area contributed by atoms with Crippen LogP contribution in [-0.2, 0) is 9.53 Å². The minimum Gasteiger partial charge on any atom is -0.465 e. The number of para-hydroxylation sites is 2. The topological polar surface area (TPSA) is 67.4 Å². The molecule has 0 fully saturated rings. The summed E-state index contributed by atoms with van der Waals surface area (Å²) in [6, 6.07) is 25.2. The minimum atomic E-state index is -0.378. The first kappa shape index (κ1) is 20.1. The maximum Gasteiger partial charge on any atom is 0.337 e. The highest BCUT2D eigenvalue weighted by Gasteiger charge is 2.36. The van der Waals surface area contributed by atoms with Crippen molar-refractivity contribution in [2.45, 2.75) is 24.8 Å². The van der Waals surface area contributed by atoms with Crippen LogP contribution in [0.2, 0.25) is 0 Å². The second-order valence-corrected chi connectivity index (χ2v) is 8.19. The number of ketones is 1. The molecule has 32 heavy (non-hydrogen) atoms. The number of hydrogen-bond acceptors (Lipinski definition) is 5. The molecule has 5 rings (SSSR count). The van der Waals surface area contributed by atoms with Gasteiger partial charge in [-0.2, -0.15) is 0 Å². The van der Waals surface area contributed by atoms with Gasteiger partial charge in [0.2, 0.25) is 0 Å². The number of fused-ring (bicyclic) bond motifs is 1. The number of nitrogens with one attached hydrogen (secondary N) is 2. The average Bonchev–Trinajstić information content (AvgIpc) is 3.01. The molecule has 0 amide bonds. The summed E-state index contributed by atoms with van der Waals surface area (Å²) in [6.45, 7) is 0. The number of methoxy groups -OCH3 is 1. The Morgan fingerprint density at radius 1 is 0.844 bits per heavy atom. The first-order valence-electron chi connectivity index (χ1n) is 10.8. The molecule has 2 aliphatic rings. The Morgan fingerprint density at radius 2 is 1.53 bits per heavy atom. The monoisotopic (exact) mass is 424 g/mol. The third kappa shape index (κ3) is 3.66. The van der Waals surface area contributed by atoms with Crippen molar-refractivity contribution in [3.8, 4) is 0 Å². The number of carbonyl (C=O) groups excluding carboxylic acids is 2. The quantitative estimate of drug-likeness (QED) is 0.547. The van der Waals surface area contributed by atoms with Gasteiger partial charge in [0, 0.05) is 17.7 Å². The first-order chi connectivity index (χ1) is 15.6. The van der Waals surface area contributed by atoms with Gasteiger partial charge >= 0.3 is 5.97 Å². The van der Waals surface area contributed by atoms with Gasteiger partial charge in [-0.1, -0.05) is 54.6 Å². The Bertz CT molecular complexity index is 1200. The van der Waals surface area contributed by atoms with Crippen molar-refractivity contribution >= 4 is 23.1 Å². The van der Waals surface area contributed by atoms with Crippen LogP contribution in [0.15, 0.2) is 90.1 Å². The zero-order valence-corrected chi connectivity index (χ0v) is 17.8. The van der Waals surface area contributed by atoms with E-state index < -0.39 is 0 Å². The van der Waals surface area contributed by atoms with E-state index in [-0.39, 0.29) is 23.7 Å². The van der Waals surface area contributed by atoms with Crippen LogP contribution >= 0.6 is 0 Å². The fourth-order valence-electron chi connectivity index (χ4n) is 4.63. The highest BCUT2D eigenvalue weighted by atomic mass is 16.5. The van der Waals surface area contributed by atoms with Gasteiger partial charge in [-0.05, 0) is 47.7 Å². The molecule has 5 nitrogen and oxygen atoms in total. The lowest BCUT2D eigenvalue weighted by atomic mass is 9.78. The second kappa shape index (κ2) is 8.35. The van der Waals surface area contributed by atoms with E-state index in [2.05, 4.69) is 22.8 Å². The molecule has 3 aromatic rings. The van der Waals surface area contributed by atoms with E-state index in [9.17, 15) is 9.59 Å². The summed E-state index contributed by atoms with van der Waals surface area (Å²) in [7, 11) is 1.37. The highest BCUT2D eigenvalue weighted by molar-refractivity contribution is 6.01. The van der Waals surface area contributed by atoms with Gasteiger partial charge < -0.3 is 15.4 Å². The zero-order valence-electron chi connectivity index (χ0n) is 17.8. The molecular weight excluding hydrogens is 400 g/mol. The number of hydrogen-bond donors (Lipinski definition) is 2. The third-order valence-electron chi connectivity index (χ3n) is 6.25. The van der Waals surface area contributed by atoms with Crippen LogP contribution in [0.5, 0.6) is 0 Å². The molecule has 0 saturated heterocycles. The molecule has 0 aromatic heterocycles. The molecule has 0 saturated carbocycles. The van der Waals surface area contributed by atoms with Gasteiger partial charge in [0.25, 0.3) is 0 Å². The van der Waals surface area contributed by atoms with E-state index in [0.29, 0.717) is 12.0 Å². The van der Waals surface area contributed by atoms with E-state index in [4.69, 9.17) is 4.74 Å². The molecule has 1 aliphatic carbocycles. The number of anilines is 2. The fourth-order valence-corrected chi connectivity index (χ4v) is 4.63. The van der Waals surface area contributed by atoms with Crippen LogP contribution in [0.4, 0.5) is 11.4 Å². The van der Waals surface area contributed by atoms with Gasteiger partial charge in [0.15, 0.2) is 5.78 Å². The van der Waals surface area contributed by atoms with Gasteiger partial charge in [-0.25, -0.2) is 4.79 Å². The van der Waals surface area contributed by atoms with Crippen molar-refractivity contribution in [3.05, 3.63) is 107 Å². The van der Waals surface area contributed by atoms with Crippen LogP contribution < -0.4 is 10.6 Å². The van der Waals surface area contributed by atoms with Gasteiger partial charge in [-0.3, -0.25) is 4.79 Å². The molecule has 3 aromatic carbocycles. The number of benzene rings is 3. The summed E-state index contributed by atoms with van der Waals surface area (Å²) >= 11 is 0. The van der Waals surface area contributed by atoms with Gasteiger partial charge in [-0.15, -0.1) is 0 Å². The maximum atomic E-state index is 13.5. The summed E-state index contributed by atoms with van der Waals surface area (Å²) in [5.41, 5.74) is 6.20. The molecule has 5 heteroatoms. The standard InChI is InChI=1S/C27H24N2O3/c1-32-27(31)19-13-11-18(12-14-19)26-25-23(28-21-9-5-6-10-22(21)29-26)15-20(16-24(25)30)17-7-3-2-4-8-17/h2-14,20,26,28-29H,15-16H2,1H3/t20-,26+/m0/s1. The summed E-state index contributed by atoms with van der Waals surface area (Å²) < 4.78 is 4.82. The number of carbonyl (C=O) groups is 2. The normalized spacial score (nSPS) is 19.7. The lowest BCUT2D eigenvalue weighted by Crippen LogP contribution is -2.26. The summed E-state index contributed by atoms with van der Waals surface area (Å²) in [5, 5.41) is 7.12. The summed E-state index contributed by atoms with van der Waals surface area (Å²) in [5.74, 6) is -0.103. The molecule has 0 spiro atoms.